The van der Waals surface area contributed by atoms with E-state index in [0.717, 1.165) is 18.3 Å². The van der Waals surface area contributed by atoms with E-state index in [4.69, 9.17) is 0 Å². The maximum absolute atomic E-state index is 11.5. The topological polar surface area (TPSA) is 17.1 Å². The largest absolute Gasteiger partial charge is 0.295 e. The van der Waals surface area contributed by atoms with E-state index in [1.54, 1.807) is 0 Å². The smallest absolute Gasteiger partial charge is 0.158 e. The minimum Gasteiger partial charge on any atom is -0.295 e. The fourth-order valence-corrected chi connectivity index (χ4v) is 2.62. The van der Waals surface area contributed by atoms with Gasteiger partial charge in [-0.15, -0.1) is 0 Å². The molecule has 1 aliphatic carbocycles. The monoisotopic (exact) mass is 194 g/mol. The van der Waals surface area contributed by atoms with Crippen LogP contribution in [0.2, 0.25) is 0 Å². The van der Waals surface area contributed by atoms with Crippen molar-refractivity contribution in [2.24, 2.45) is 23.7 Å². The Bertz CT molecular complexity index is 217. The highest BCUT2D eigenvalue weighted by Gasteiger charge is 2.31. The fraction of sp³-hybridized carbons (Fsp3) is 0.769. The first-order valence-electron chi connectivity index (χ1n) is 5.72. The average molecular weight is 194 g/mol. The molecule has 1 fully saturated rings. The van der Waals surface area contributed by atoms with Crippen LogP contribution in [0.3, 0.4) is 0 Å². The number of ketones is 1. The average Bonchev–Trinajstić information content (AvgIpc) is 2.16. The van der Waals surface area contributed by atoms with E-state index in [1.165, 1.54) is 18.9 Å². The van der Waals surface area contributed by atoms with Gasteiger partial charge in [0.15, 0.2) is 5.78 Å². The molecule has 0 bridgehead atoms. The Hall–Kier alpha value is -0.590. The fourth-order valence-electron chi connectivity index (χ4n) is 2.62. The van der Waals surface area contributed by atoms with Crippen LogP contribution >= 0.6 is 0 Å². The predicted molar refractivity (Wildman–Crippen MR) is 60.0 cm³/mol. The highest BCUT2D eigenvalue weighted by atomic mass is 16.1. The van der Waals surface area contributed by atoms with Crippen LogP contribution in [0.1, 0.15) is 40.0 Å². The Morgan fingerprint density at radius 1 is 1.43 bits per heavy atom. The Kier molecular flexibility index (Phi) is 3.91. The zero-order valence-electron chi connectivity index (χ0n) is 9.62. The van der Waals surface area contributed by atoms with Crippen LogP contribution < -0.4 is 0 Å². The number of rotatable bonds is 3. The van der Waals surface area contributed by atoms with Crippen molar-refractivity contribution in [2.75, 3.05) is 0 Å². The Morgan fingerprint density at radius 2 is 2.07 bits per heavy atom. The zero-order valence-corrected chi connectivity index (χ0v) is 9.62. The van der Waals surface area contributed by atoms with Gasteiger partial charge in [0.2, 0.25) is 0 Å². The van der Waals surface area contributed by atoms with Crippen LogP contribution in [0.4, 0.5) is 0 Å². The summed E-state index contributed by atoms with van der Waals surface area (Å²) in [6, 6.07) is 0. The van der Waals surface area contributed by atoms with Crippen molar-refractivity contribution in [3.05, 3.63) is 12.7 Å². The van der Waals surface area contributed by atoms with Gasteiger partial charge < -0.3 is 0 Å². The summed E-state index contributed by atoms with van der Waals surface area (Å²) in [4.78, 5) is 11.5. The molecule has 0 aromatic rings. The Labute approximate surface area is 87.6 Å². The molecule has 1 rings (SSSR count). The molecule has 80 valence electrons. The van der Waals surface area contributed by atoms with Crippen molar-refractivity contribution in [3.63, 3.8) is 0 Å². The third-order valence-electron chi connectivity index (χ3n) is 3.72. The number of hydrogen-bond acceptors (Lipinski definition) is 1. The van der Waals surface area contributed by atoms with E-state index in [2.05, 4.69) is 27.4 Å². The lowest BCUT2D eigenvalue weighted by atomic mass is 9.70. The standard InChI is InChI=1S/C13H22O/c1-5-13(14)12-7-6-11(9(2)3)8-10(12)4/h5,9-12H,1,6-8H2,2-4H3. The number of allylic oxidation sites excluding steroid dienone is 1. The first kappa shape index (κ1) is 11.5. The van der Waals surface area contributed by atoms with Crippen LogP contribution in [0.15, 0.2) is 12.7 Å². The van der Waals surface area contributed by atoms with E-state index in [0.29, 0.717) is 5.92 Å². The van der Waals surface area contributed by atoms with E-state index in [1.807, 2.05) is 0 Å². The molecular formula is C13H22O. The molecule has 0 aliphatic heterocycles. The van der Waals surface area contributed by atoms with Crippen molar-refractivity contribution < 1.29 is 4.79 Å². The van der Waals surface area contributed by atoms with Gasteiger partial charge in [-0.25, -0.2) is 0 Å². The molecule has 0 aromatic carbocycles. The summed E-state index contributed by atoms with van der Waals surface area (Å²) in [5, 5.41) is 0. The lowest BCUT2D eigenvalue weighted by Crippen LogP contribution is -2.30. The highest BCUT2D eigenvalue weighted by Crippen LogP contribution is 2.37. The van der Waals surface area contributed by atoms with Gasteiger partial charge in [-0.2, -0.15) is 0 Å². The third kappa shape index (κ3) is 2.46. The SMILES string of the molecule is C=CC(=O)C1CCC(C(C)C)CC1C. The van der Waals surface area contributed by atoms with Gasteiger partial charge in [-0.05, 0) is 43.1 Å². The maximum Gasteiger partial charge on any atom is 0.158 e. The summed E-state index contributed by atoms with van der Waals surface area (Å²) in [7, 11) is 0. The van der Waals surface area contributed by atoms with E-state index in [9.17, 15) is 4.79 Å². The van der Waals surface area contributed by atoms with Crippen molar-refractivity contribution >= 4 is 5.78 Å². The minimum absolute atomic E-state index is 0.250. The van der Waals surface area contributed by atoms with Crippen LogP contribution in [0.5, 0.6) is 0 Å². The molecule has 0 aromatic heterocycles. The molecule has 1 saturated carbocycles. The lowest BCUT2D eigenvalue weighted by Gasteiger charge is -2.34. The molecule has 0 N–H and O–H groups in total. The van der Waals surface area contributed by atoms with Crippen LogP contribution in [0, 0.1) is 23.7 Å². The first-order chi connectivity index (χ1) is 6.56. The maximum atomic E-state index is 11.5. The molecule has 0 radical (unpaired) electrons. The van der Waals surface area contributed by atoms with Crippen molar-refractivity contribution in [3.8, 4) is 0 Å². The van der Waals surface area contributed by atoms with E-state index >= 15 is 0 Å². The van der Waals surface area contributed by atoms with Gasteiger partial charge >= 0.3 is 0 Å². The van der Waals surface area contributed by atoms with Gasteiger partial charge in [-0.1, -0.05) is 27.4 Å². The molecule has 0 heterocycles. The Morgan fingerprint density at radius 3 is 2.50 bits per heavy atom. The summed E-state index contributed by atoms with van der Waals surface area (Å²) in [6.07, 6.45) is 4.99. The molecule has 0 amide bonds. The molecule has 1 aliphatic rings. The van der Waals surface area contributed by atoms with Crippen LogP contribution in [-0.2, 0) is 4.79 Å². The summed E-state index contributed by atoms with van der Waals surface area (Å²) < 4.78 is 0. The minimum atomic E-state index is 0.250. The van der Waals surface area contributed by atoms with Gasteiger partial charge in [0.05, 0.1) is 0 Å². The summed E-state index contributed by atoms with van der Waals surface area (Å²) in [6.45, 7) is 10.4. The summed E-state index contributed by atoms with van der Waals surface area (Å²) in [5.74, 6) is 2.62. The molecule has 0 saturated heterocycles. The number of carbonyl (C=O) groups is 1. The predicted octanol–water partition coefficient (Wildman–Crippen LogP) is 3.45. The van der Waals surface area contributed by atoms with E-state index < -0.39 is 0 Å². The zero-order chi connectivity index (χ0) is 10.7. The Balaban J connectivity index is 2.56. The van der Waals surface area contributed by atoms with Crippen molar-refractivity contribution in [2.45, 2.75) is 40.0 Å². The third-order valence-corrected chi connectivity index (χ3v) is 3.72. The number of carbonyl (C=O) groups excluding carboxylic acids is 1. The molecule has 14 heavy (non-hydrogen) atoms. The quantitative estimate of drug-likeness (QED) is 0.629. The normalized spacial score (nSPS) is 33.0. The molecule has 1 heteroatoms. The van der Waals surface area contributed by atoms with Crippen LogP contribution in [-0.4, -0.2) is 5.78 Å². The molecular weight excluding hydrogens is 172 g/mol. The van der Waals surface area contributed by atoms with Crippen molar-refractivity contribution in [1.82, 2.24) is 0 Å². The summed E-state index contributed by atoms with van der Waals surface area (Å²) >= 11 is 0. The highest BCUT2D eigenvalue weighted by molar-refractivity contribution is 5.91. The van der Waals surface area contributed by atoms with Gasteiger partial charge in [-0.3, -0.25) is 4.79 Å². The molecule has 3 unspecified atom stereocenters. The molecule has 0 spiro atoms. The van der Waals surface area contributed by atoms with Gasteiger partial charge in [0.25, 0.3) is 0 Å². The lowest BCUT2D eigenvalue weighted by molar-refractivity contribution is -0.121. The second kappa shape index (κ2) is 4.77. The first-order valence-corrected chi connectivity index (χ1v) is 5.72. The second-order valence-corrected chi connectivity index (χ2v) is 5.01. The van der Waals surface area contributed by atoms with Gasteiger partial charge in [0.1, 0.15) is 0 Å². The van der Waals surface area contributed by atoms with E-state index in [-0.39, 0.29) is 11.7 Å². The second-order valence-electron chi connectivity index (χ2n) is 5.01. The number of hydrogen-bond donors (Lipinski definition) is 0. The van der Waals surface area contributed by atoms with Crippen LogP contribution in [0.25, 0.3) is 0 Å². The molecule has 1 nitrogen and oxygen atoms in total. The van der Waals surface area contributed by atoms with Crippen molar-refractivity contribution in [1.29, 1.82) is 0 Å². The summed E-state index contributed by atoms with van der Waals surface area (Å²) in [5.41, 5.74) is 0. The molecule has 3 atom stereocenters. The van der Waals surface area contributed by atoms with Gasteiger partial charge in [0, 0.05) is 5.92 Å².